The molecule has 8 heteroatoms. The number of ether oxygens (including phenoxy) is 1. The highest BCUT2D eigenvalue weighted by molar-refractivity contribution is 8.33. The lowest BCUT2D eigenvalue weighted by molar-refractivity contribution is 0.305. The van der Waals surface area contributed by atoms with Crippen LogP contribution < -0.4 is 4.74 Å². The number of unbranched alkanes of at least 4 members (excludes halogenated alkanes) is 1. The third-order valence-corrected chi connectivity index (χ3v) is 10.8. The molecule has 0 bridgehead atoms. The third-order valence-electron chi connectivity index (χ3n) is 5.19. The average Bonchev–Trinajstić information content (AvgIpc) is 3.12. The van der Waals surface area contributed by atoms with Crippen LogP contribution in [0.1, 0.15) is 43.7 Å². The Balaban J connectivity index is 1.97. The van der Waals surface area contributed by atoms with Gasteiger partial charge in [0.25, 0.3) is 0 Å². The molecule has 0 aromatic heterocycles. The van der Waals surface area contributed by atoms with E-state index in [1.165, 1.54) is 0 Å². The van der Waals surface area contributed by atoms with Crippen molar-refractivity contribution in [2.45, 2.75) is 56.2 Å². The van der Waals surface area contributed by atoms with Crippen molar-refractivity contribution in [3.63, 3.8) is 0 Å². The van der Waals surface area contributed by atoms with Gasteiger partial charge in [-0.05, 0) is 68.5 Å². The molecule has 3 rings (SSSR count). The topological polar surface area (TPSA) is 52.6 Å². The second-order valence-electron chi connectivity index (χ2n) is 7.61. The lowest BCUT2D eigenvalue weighted by Gasteiger charge is -2.35. The van der Waals surface area contributed by atoms with Gasteiger partial charge in [0.05, 0.1) is 6.61 Å². The van der Waals surface area contributed by atoms with Crippen LogP contribution in [0, 0.1) is 25.5 Å². The molecule has 0 atom stereocenters. The highest BCUT2D eigenvalue weighted by Crippen LogP contribution is 2.63. The zero-order chi connectivity index (χ0) is 21.9. The van der Waals surface area contributed by atoms with Gasteiger partial charge in [0.1, 0.15) is 22.3 Å². The summed E-state index contributed by atoms with van der Waals surface area (Å²) in [4.78, 5) is 0.194. The summed E-state index contributed by atoms with van der Waals surface area (Å²) in [5.41, 5.74) is 1.85. The fourth-order valence-corrected chi connectivity index (χ4v) is 9.53. The van der Waals surface area contributed by atoms with Gasteiger partial charge >= 0.3 is 10.1 Å². The highest BCUT2D eigenvalue weighted by Gasteiger charge is 2.38. The Labute approximate surface area is 179 Å². The van der Waals surface area contributed by atoms with Crippen LogP contribution in [0.4, 0.5) is 8.78 Å². The van der Waals surface area contributed by atoms with Gasteiger partial charge in [0.2, 0.25) is 0 Å². The van der Waals surface area contributed by atoms with Gasteiger partial charge < -0.3 is 4.74 Å². The summed E-state index contributed by atoms with van der Waals surface area (Å²) in [6, 6.07) is 6.27. The molecule has 0 amide bonds. The van der Waals surface area contributed by atoms with Gasteiger partial charge in [-0.15, -0.1) is 0 Å². The highest BCUT2D eigenvalue weighted by atomic mass is 32.3. The molecule has 30 heavy (non-hydrogen) atoms. The molecule has 0 N–H and O–H groups in total. The van der Waals surface area contributed by atoms with E-state index in [0.717, 1.165) is 59.6 Å². The van der Waals surface area contributed by atoms with Crippen molar-refractivity contribution >= 4 is 20.4 Å². The molecule has 2 aromatic rings. The first-order valence-electron chi connectivity index (χ1n) is 10.1. The lowest BCUT2D eigenvalue weighted by Crippen LogP contribution is -2.16. The van der Waals surface area contributed by atoms with E-state index in [1.807, 2.05) is 26.0 Å². The second kappa shape index (κ2) is 9.24. The van der Waals surface area contributed by atoms with Crippen LogP contribution in [0.5, 0.6) is 5.75 Å². The lowest BCUT2D eigenvalue weighted by atomic mass is 10.1. The van der Waals surface area contributed by atoms with Crippen LogP contribution >= 0.6 is 10.3 Å². The van der Waals surface area contributed by atoms with Crippen molar-refractivity contribution in [2.75, 3.05) is 18.1 Å². The Morgan fingerprint density at radius 2 is 1.67 bits per heavy atom. The van der Waals surface area contributed by atoms with E-state index in [9.17, 15) is 17.2 Å². The van der Waals surface area contributed by atoms with Crippen LogP contribution in [-0.4, -0.2) is 26.5 Å². The first-order chi connectivity index (χ1) is 14.2. The summed E-state index contributed by atoms with van der Waals surface area (Å²) >= 11 is 0. The van der Waals surface area contributed by atoms with Gasteiger partial charge in [-0.1, -0.05) is 23.7 Å². The molecule has 1 heterocycles. The summed E-state index contributed by atoms with van der Waals surface area (Å²) in [7, 11) is -6.55. The Kier molecular flexibility index (Phi) is 7.09. The Morgan fingerprint density at radius 1 is 1.03 bits per heavy atom. The van der Waals surface area contributed by atoms with Crippen molar-refractivity contribution in [3.05, 3.63) is 53.1 Å². The predicted molar refractivity (Wildman–Crippen MR) is 116 cm³/mol. The predicted octanol–water partition coefficient (Wildman–Crippen LogP) is 6.04. The fraction of sp³-hybridized carbons (Fsp3) is 0.455. The molecule has 0 aliphatic carbocycles. The smallest absolute Gasteiger partial charge is 0.309 e. The molecule has 0 saturated carbocycles. The molecule has 166 valence electrons. The van der Waals surface area contributed by atoms with Gasteiger partial charge in [-0.3, -0.25) is 0 Å². The quantitative estimate of drug-likeness (QED) is 0.453. The Bertz CT molecular complexity index is 993. The summed E-state index contributed by atoms with van der Waals surface area (Å²) in [6.45, 7) is 6.60. The maximum atomic E-state index is 14.2. The van der Waals surface area contributed by atoms with Crippen molar-refractivity contribution in [3.8, 4) is 5.75 Å². The van der Waals surface area contributed by atoms with E-state index in [4.69, 9.17) is 8.37 Å². The third kappa shape index (κ3) is 4.81. The number of aryl methyl sites for hydroxylation is 2. The molecular weight excluding hydrogens is 430 g/mol. The van der Waals surface area contributed by atoms with Gasteiger partial charge in [-0.25, -0.2) is 12.4 Å². The summed E-state index contributed by atoms with van der Waals surface area (Å²) in [6.07, 6.45) is 3.67. The number of benzene rings is 2. The molecular formula is C22H28F2O4S2. The Hall–Kier alpha value is -1.64. The Morgan fingerprint density at radius 3 is 2.23 bits per heavy atom. The number of rotatable bonds is 8. The maximum absolute atomic E-state index is 14.2. The molecule has 0 unspecified atom stereocenters. The minimum Gasteiger partial charge on any atom is -0.493 e. The van der Waals surface area contributed by atoms with Crippen LogP contribution in [0.3, 0.4) is 0 Å². The van der Waals surface area contributed by atoms with E-state index < -0.39 is 37.0 Å². The van der Waals surface area contributed by atoms with Gasteiger partial charge in [0.15, 0.2) is 0 Å². The molecule has 1 fully saturated rings. The van der Waals surface area contributed by atoms with Gasteiger partial charge in [0, 0.05) is 22.5 Å². The minimum absolute atomic E-state index is 0.559. The zero-order valence-corrected chi connectivity index (χ0v) is 19.2. The minimum atomic E-state index is -4.39. The second-order valence-corrected chi connectivity index (χ2v) is 12.4. The molecule has 0 radical (unpaired) electrons. The largest absolute Gasteiger partial charge is 0.493 e. The van der Waals surface area contributed by atoms with E-state index >= 15 is 0 Å². The SMILES string of the molecule is CCCCOc1c(C)cc(S2(OS(=O)(=O)c3ccc(F)cc3F)CCCC2)cc1C. The summed E-state index contributed by atoms with van der Waals surface area (Å²) < 4.78 is 64.9. The normalized spacial score (nSPS) is 17.1. The van der Waals surface area contributed by atoms with Crippen LogP contribution in [0.25, 0.3) is 0 Å². The summed E-state index contributed by atoms with van der Waals surface area (Å²) in [5, 5.41) is 0. The monoisotopic (exact) mass is 458 g/mol. The summed E-state index contributed by atoms with van der Waals surface area (Å²) in [5.74, 6) is 0.00883. The van der Waals surface area contributed by atoms with Crippen molar-refractivity contribution in [1.29, 1.82) is 0 Å². The molecule has 0 spiro atoms. The first kappa shape index (κ1) is 23.0. The van der Waals surface area contributed by atoms with E-state index in [1.54, 1.807) is 0 Å². The van der Waals surface area contributed by atoms with Crippen molar-refractivity contribution in [1.82, 2.24) is 0 Å². The molecule has 1 saturated heterocycles. The van der Waals surface area contributed by atoms with Crippen LogP contribution in [0.2, 0.25) is 0 Å². The first-order valence-corrected chi connectivity index (χ1v) is 13.4. The van der Waals surface area contributed by atoms with E-state index in [2.05, 4.69) is 6.92 Å². The van der Waals surface area contributed by atoms with Gasteiger partial charge in [-0.2, -0.15) is 8.42 Å². The zero-order valence-electron chi connectivity index (χ0n) is 17.5. The molecule has 4 nitrogen and oxygen atoms in total. The standard InChI is InChI=1S/C22H28F2O4S2/c1-4-5-10-27-22-16(2)13-19(14-17(22)3)29(11-6-7-12-29)28-30(25,26)21-9-8-18(23)15-20(21)24/h8-9,13-15H,4-7,10-12H2,1-3H3. The van der Waals surface area contributed by atoms with Crippen molar-refractivity contribution in [2.24, 2.45) is 0 Å². The van der Waals surface area contributed by atoms with Crippen LogP contribution in [-0.2, 0) is 13.7 Å². The fourth-order valence-electron chi connectivity index (χ4n) is 3.67. The molecule has 2 aromatic carbocycles. The van der Waals surface area contributed by atoms with E-state index in [-0.39, 0.29) is 0 Å². The maximum Gasteiger partial charge on any atom is 0.309 e. The van der Waals surface area contributed by atoms with E-state index in [0.29, 0.717) is 24.2 Å². The number of hydrogen-bond acceptors (Lipinski definition) is 4. The van der Waals surface area contributed by atoms with Crippen molar-refractivity contribution < 1.29 is 25.6 Å². The number of halogens is 2. The number of hydrogen-bond donors (Lipinski definition) is 0. The molecule has 1 aliphatic heterocycles. The average molecular weight is 459 g/mol. The van der Waals surface area contributed by atoms with Crippen LogP contribution in [0.15, 0.2) is 40.1 Å². The molecule has 1 aliphatic rings.